The highest BCUT2D eigenvalue weighted by Gasteiger charge is 2.19. The quantitative estimate of drug-likeness (QED) is 0.0265. The molecule has 56 heavy (non-hydrogen) atoms. The molecule has 0 spiro atoms. The highest BCUT2D eigenvalue weighted by Crippen LogP contribution is 2.14. The summed E-state index contributed by atoms with van der Waals surface area (Å²) in [5, 5.41) is 0. The zero-order valence-corrected chi connectivity index (χ0v) is 37.4. The van der Waals surface area contributed by atoms with Crippen molar-refractivity contribution in [3.63, 3.8) is 0 Å². The van der Waals surface area contributed by atoms with Crippen molar-refractivity contribution in [3.8, 4) is 0 Å². The van der Waals surface area contributed by atoms with Crippen LogP contribution in [0.4, 0.5) is 0 Å². The molecule has 0 aliphatic heterocycles. The first kappa shape index (κ1) is 53.9. The highest BCUT2D eigenvalue weighted by atomic mass is 16.6. The lowest BCUT2D eigenvalue weighted by Crippen LogP contribution is -2.30. The predicted octanol–water partition coefficient (Wildman–Crippen LogP) is 15.6. The first-order chi connectivity index (χ1) is 27.5. The number of hydrogen-bond acceptors (Lipinski definition) is 6. The molecule has 0 saturated heterocycles. The Bertz CT molecular complexity index is 911. The van der Waals surface area contributed by atoms with Crippen molar-refractivity contribution < 1.29 is 28.6 Å². The van der Waals surface area contributed by atoms with Gasteiger partial charge in [-0.1, -0.05) is 193 Å². The Hall–Kier alpha value is -2.11. The smallest absolute Gasteiger partial charge is 0.306 e. The second-order valence-electron chi connectivity index (χ2n) is 16.4. The van der Waals surface area contributed by atoms with Crippen LogP contribution < -0.4 is 0 Å². The number of rotatable bonds is 44. The van der Waals surface area contributed by atoms with Gasteiger partial charge in [0.15, 0.2) is 6.10 Å². The minimum Gasteiger partial charge on any atom is -0.462 e. The van der Waals surface area contributed by atoms with E-state index >= 15 is 0 Å². The van der Waals surface area contributed by atoms with Crippen LogP contribution in [0.15, 0.2) is 24.3 Å². The molecule has 1 atom stereocenters. The van der Waals surface area contributed by atoms with E-state index in [0.29, 0.717) is 19.3 Å². The summed E-state index contributed by atoms with van der Waals surface area (Å²) in [6, 6.07) is 0. The first-order valence-corrected chi connectivity index (χ1v) is 24.3. The third kappa shape index (κ3) is 43.0. The van der Waals surface area contributed by atoms with Gasteiger partial charge in [0.05, 0.1) is 0 Å². The molecular formula is C50H92O6. The van der Waals surface area contributed by atoms with Crippen LogP contribution in [0.3, 0.4) is 0 Å². The van der Waals surface area contributed by atoms with Gasteiger partial charge in [0, 0.05) is 19.3 Å². The molecule has 0 saturated carbocycles. The minimum atomic E-state index is -0.772. The Morgan fingerprint density at radius 2 is 0.589 bits per heavy atom. The standard InChI is InChI=1S/C50H92O6/c1-4-7-10-13-16-19-21-23-25-27-28-31-34-37-40-43-49(52)55-46-47(45-54-48(51)42-39-36-33-30-18-15-12-9-6-3)56-50(53)44-41-38-35-32-29-26-24-22-20-17-14-11-8-5-2/h22-25,47H,4-21,26-46H2,1-3H3/b24-22-,25-23-. The molecular weight excluding hydrogens is 697 g/mol. The van der Waals surface area contributed by atoms with Gasteiger partial charge in [-0.05, 0) is 70.6 Å². The van der Waals surface area contributed by atoms with Gasteiger partial charge in [0.2, 0.25) is 0 Å². The van der Waals surface area contributed by atoms with E-state index in [-0.39, 0.29) is 31.1 Å². The molecule has 6 nitrogen and oxygen atoms in total. The van der Waals surface area contributed by atoms with Gasteiger partial charge in [-0.2, -0.15) is 0 Å². The summed E-state index contributed by atoms with van der Waals surface area (Å²) >= 11 is 0. The molecule has 0 heterocycles. The normalized spacial score (nSPS) is 12.1. The number of unbranched alkanes of at least 4 members (excludes halogenated alkanes) is 29. The summed E-state index contributed by atoms with van der Waals surface area (Å²) < 4.78 is 16.7. The number of carbonyl (C=O) groups is 3. The lowest BCUT2D eigenvalue weighted by molar-refractivity contribution is -0.167. The van der Waals surface area contributed by atoms with Crippen LogP contribution in [0.2, 0.25) is 0 Å². The first-order valence-electron chi connectivity index (χ1n) is 24.3. The predicted molar refractivity (Wildman–Crippen MR) is 238 cm³/mol. The van der Waals surface area contributed by atoms with Crippen molar-refractivity contribution in [1.29, 1.82) is 0 Å². The molecule has 0 radical (unpaired) electrons. The molecule has 0 bridgehead atoms. The Balaban J connectivity index is 4.34. The summed E-state index contributed by atoms with van der Waals surface area (Å²) in [7, 11) is 0. The number of allylic oxidation sites excluding steroid dienone is 4. The van der Waals surface area contributed by atoms with Crippen LogP contribution in [-0.4, -0.2) is 37.2 Å². The van der Waals surface area contributed by atoms with Gasteiger partial charge in [-0.15, -0.1) is 0 Å². The molecule has 328 valence electrons. The SMILES string of the molecule is CCCCCCC/C=C\CCCCCCCC(=O)OC(COC(=O)CCCCCCC/C=C\CCCCCCCC)COC(=O)CCCCCCCCCCC. The fraction of sp³-hybridized carbons (Fsp3) is 0.860. The van der Waals surface area contributed by atoms with Crippen molar-refractivity contribution in [1.82, 2.24) is 0 Å². The van der Waals surface area contributed by atoms with E-state index < -0.39 is 6.10 Å². The van der Waals surface area contributed by atoms with Gasteiger partial charge in [0.25, 0.3) is 0 Å². The topological polar surface area (TPSA) is 78.9 Å². The van der Waals surface area contributed by atoms with Gasteiger partial charge in [-0.3, -0.25) is 14.4 Å². The molecule has 0 rings (SSSR count). The van der Waals surface area contributed by atoms with Crippen molar-refractivity contribution in [2.24, 2.45) is 0 Å². The number of carbonyl (C=O) groups excluding carboxylic acids is 3. The van der Waals surface area contributed by atoms with E-state index in [0.717, 1.165) is 70.6 Å². The molecule has 0 aromatic rings. The zero-order chi connectivity index (χ0) is 40.8. The molecule has 0 aromatic carbocycles. The third-order valence-corrected chi connectivity index (χ3v) is 10.7. The lowest BCUT2D eigenvalue weighted by Gasteiger charge is -2.18. The van der Waals surface area contributed by atoms with Crippen LogP contribution in [0, 0.1) is 0 Å². The fourth-order valence-electron chi connectivity index (χ4n) is 6.96. The summed E-state index contributed by atoms with van der Waals surface area (Å²) in [5.74, 6) is -0.887. The second kappa shape index (κ2) is 45.6. The molecule has 0 aliphatic rings. The van der Waals surface area contributed by atoms with Crippen molar-refractivity contribution in [3.05, 3.63) is 24.3 Å². The Labute approximate surface area is 347 Å². The molecule has 0 N–H and O–H groups in total. The summed E-state index contributed by atoms with van der Waals surface area (Å²) in [5.41, 5.74) is 0. The molecule has 0 fully saturated rings. The van der Waals surface area contributed by atoms with Crippen molar-refractivity contribution >= 4 is 17.9 Å². The third-order valence-electron chi connectivity index (χ3n) is 10.7. The van der Waals surface area contributed by atoms with Crippen molar-refractivity contribution in [2.45, 2.75) is 264 Å². The van der Waals surface area contributed by atoms with Gasteiger partial charge in [0.1, 0.15) is 13.2 Å². The fourth-order valence-corrected chi connectivity index (χ4v) is 6.96. The summed E-state index contributed by atoms with van der Waals surface area (Å²) in [6.07, 6.45) is 50.1. The van der Waals surface area contributed by atoms with Crippen LogP contribution in [0.5, 0.6) is 0 Å². The maximum absolute atomic E-state index is 12.7. The van der Waals surface area contributed by atoms with E-state index in [1.54, 1.807) is 0 Å². The van der Waals surface area contributed by atoms with E-state index in [2.05, 4.69) is 45.1 Å². The van der Waals surface area contributed by atoms with E-state index in [4.69, 9.17) is 14.2 Å². The number of esters is 3. The second-order valence-corrected chi connectivity index (χ2v) is 16.4. The molecule has 0 aromatic heterocycles. The largest absolute Gasteiger partial charge is 0.462 e. The number of ether oxygens (including phenoxy) is 3. The molecule has 1 unspecified atom stereocenters. The molecule has 0 amide bonds. The summed E-state index contributed by atoms with van der Waals surface area (Å²) in [6.45, 7) is 6.60. The Morgan fingerprint density at radius 3 is 0.893 bits per heavy atom. The monoisotopic (exact) mass is 789 g/mol. The Morgan fingerprint density at radius 1 is 0.339 bits per heavy atom. The highest BCUT2D eigenvalue weighted by molar-refractivity contribution is 5.71. The van der Waals surface area contributed by atoms with Crippen molar-refractivity contribution in [2.75, 3.05) is 13.2 Å². The lowest BCUT2D eigenvalue weighted by atomic mass is 10.1. The maximum atomic E-state index is 12.7. The summed E-state index contributed by atoms with van der Waals surface area (Å²) in [4.78, 5) is 37.8. The van der Waals surface area contributed by atoms with Crippen LogP contribution >= 0.6 is 0 Å². The van der Waals surface area contributed by atoms with E-state index in [9.17, 15) is 14.4 Å². The number of hydrogen-bond donors (Lipinski definition) is 0. The Kier molecular flexibility index (Phi) is 43.9. The van der Waals surface area contributed by atoms with Crippen LogP contribution in [-0.2, 0) is 28.6 Å². The zero-order valence-electron chi connectivity index (χ0n) is 37.4. The van der Waals surface area contributed by atoms with Gasteiger partial charge < -0.3 is 14.2 Å². The van der Waals surface area contributed by atoms with E-state index in [1.807, 2.05) is 0 Å². The average Bonchev–Trinajstić information content (AvgIpc) is 3.19. The van der Waals surface area contributed by atoms with Gasteiger partial charge >= 0.3 is 17.9 Å². The molecule has 6 heteroatoms. The van der Waals surface area contributed by atoms with Crippen LogP contribution in [0.25, 0.3) is 0 Å². The minimum absolute atomic E-state index is 0.0745. The average molecular weight is 789 g/mol. The van der Waals surface area contributed by atoms with E-state index in [1.165, 1.54) is 148 Å². The van der Waals surface area contributed by atoms with Crippen LogP contribution in [0.1, 0.15) is 258 Å². The van der Waals surface area contributed by atoms with Gasteiger partial charge in [-0.25, -0.2) is 0 Å². The maximum Gasteiger partial charge on any atom is 0.306 e. The molecule has 0 aliphatic carbocycles.